The molecule has 29 heavy (non-hydrogen) atoms. The summed E-state index contributed by atoms with van der Waals surface area (Å²) < 4.78 is 6.94. The SMILES string of the molecule is CCOC(=O)c1ccc(C2=NOC(C)(c3cc(Cl)c(Cl)c(Cl)c3)C2)c2cccn12. The Morgan fingerprint density at radius 1 is 1.24 bits per heavy atom. The number of halogens is 3. The molecule has 0 radical (unpaired) electrons. The standard InChI is InChI=1S/C21H17Cl3N2O3/c1-3-28-20(27)18-7-6-13(17-5-4-8-26(17)18)16-11-21(2,29-25-16)12-9-14(22)19(24)15(23)10-12/h4-10H,3,11H2,1-2H3. The average Bonchev–Trinajstić information content (AvgIpc) is 3.33. The maximum atomic E-state index is 12.2. The Morgan fingerprint density at radius 3 is 2.66 bits per heavy atom. The Bertz CT molecular complexity index is 1130. The van der Waals surface area contributed by atoms with Gasteiger partial charge < -0.3 is 14.0 Å². The van der Waals surface area contributed by atoms with Crippen molar-refractivity contribution in [2.24, 2.45) is 5.16 Å². The summed E-state index contributed by atoms with van der Waals surface area (Å²) in [7, 11) is 0. The molecule has 0 saturated carbocycles. The molecule has 0 fully saturated rings. The highest BCUT2D eigenvalue weighted by molar-refractivity contribution is 6.48. The van der Waals surface area contributed by atoms with Gasteiger partial charge in [-0.05, 0) is 50.2 Å². The van der Waals surface area contributed by atoms with Crippen molar-refractivity contribution in [3.8, 4) is 0 Å². The third-order valence-electron chi connectivity index (χ3n) is 4.94. The average molecular weight is 452 g/mol. The fraction of sp³-hybridized carbons (Fsp3) is 0.238. The van der Waals surface area contributed by atoms with Gasteiger partial charge in [0, 0.05) is 23.7 Å². The summed E-state index contributed by atoms with van der Waals surface area (Å²) >= 11 is 18.5. The second kappa shape index (κ2) is 7.56. The maximum absolute atomic E-state index is 12.2. The lowest BCUT2D eigenvalue weighted by Crippen LogP contribution is -2.22. The number of oxime groups is 1. The van der Waals surface area contributed by atoms with Gasteiger partial charge in [0.25, 0.3) is 0 Å². The molecule has 2 aromatic heterocycles. The molecule has 0 aliphatic carbocycles. The summed E-state index contributed by atoms with van der Waals surface area (Å²) in [6.07, 6.45) is 2.32. The highest BCUT2D eigenvalue weighted by Gasteiger charge is 2.38. The lowest BCUT2D eigenvalue weighted by Gasteiger charge is -2.23. The van der Waals surface area contributed by atoms with Crippen LogP contribution in [0.2, 0.25) is 15.1 Å². The topological polar surface area (TPSA) is 52.3 Å². The van der Waals surface area contributed by atoms with Crippen molar-refractivity contribution in [1.82, 2.24) is 4.40 Å². The third kappa shape index (κ3) is 3.48. The second-order valence-electron chi connectivity index (χ2n) is 6.91. The van der Waals surface area contributed by atoms with Crippen molar-refractivity contribution in [2.45, 2.75) is 25.9 Å². The molecular formula is C21H17Cl3N2O3. The first kappa shape index (κ1) is 20.1. The van der Waals surface area contributed by atoms with Gasteiger partial charge in [-0.15, -0.1) is 0 Å². The fourth-order valence-corrected chi connectivity index (χ4v) is 4.05. The number of esters is 1. The van der Waals surface area contributed by atoms with Crippen molar-refractivity contribution in [1.29, 1.82) is 0 Å². The van der Waals surface area contributed by atoms with Crippen molar-refractivity contribution in [3.05, 3.63) is 74.5 Å². The molecule has 0 N–H and O–H groups in total. The van der Waals surface area contributed by atoms with Gasteiger partial charge in [0.2, 0.25) is 0 Å². The predicted octanol–water partition coefficient (Wildman–Crippen LogP) is 6.12. The van der Waals surface area contributed by atoms with Gasteiger partial charge in [0.05, 0.1) is 32.9 Å². The second-order valence-corrected chi connectivity index (χ2v) is 8.10. The summed E-state index contributed by atoms with van der Waals surface area (Å²) in [5, 5.41) is 5.36. The number of nitrogens with zero attached hydrogens (tertiary/aromatic N) is 2. The van der Waals surface area contributed by atoms with Gasteiger partial charge in [-0.2, -0.15) is 0 Å². The van der Waals surface area contributed by atoms with Crippen LogP contribution in [0.4, 0.5) is 0 Å². The van der Waals surface area contributed by atoms with Crippen molar-refractivity contribution < 1.29 is 14.4 Å². The highest BCUT2D eigenvalue weighted by Crippen LogP contribution is 2.41. The number of carbonyl (C=O) groups excluding carboxylic acids is 1. The molecule has 1 aliphatic heterocycles. The number of rotatable bonds is 4. The minimum atomic E-state index is -0.739. The van der Waals surface area contributed by atoms with Crippen LogP contribution in [0.25, 0.3) is 5.52 Å². The van der Waals surface area contributed by atoms with E-state index in [4.69, 9.17) is 44.4 Å². The van der Waals surface area contributed by atoms with Gasteiger partial charge in [-0.3, -0.25) is 0 Å². The first-order chi connectivity index (χ1) is 13.8. The van der Waals surface area contributed by atoms with Gasteiger partial charge in [-0.1, -0.05) is 40.0 Å². The van der Waals surface area contributed by atoms with E-state index in [-0.39, 0.29) is 5.97 Å². The summed E-state index contributed by atoms with van der Waals surface area (Å²) in [6.45, 7) is 4.01. The van der Waals surface area contributed by atoms with Gasteiger partial charge in [-0.25, -0.2) is 4.79 Å². The molecule has 3 aromatic rings. The molecule has 1 aliphatic rings. The number of pyridine rings is 1. The predicted molar refractivity (Wildman–Crippen MR) is 114 cm³/mol. The van der Waals surface area contributed by atoms with Gasteiger partial charge >= 0.3 is 5.97 Å². The zero-order chi connectivity index (χ0) is 20.8. The number of aromatic nitrogens is 1. The number of hydrogen-bond acceptors (Lipinski definition) is 4. The van der Waals surface area contributed by atoms with E-state index in [1.54, 1.807) is 29.5 Å². The van der Waals surface area contributed by atoms with Crippen molar-refractivity contribution in [2.75, 3.05) is 6.61 Å². The van der Waals surface area contributed by atoms with Crippen LogP contribution >= 0.6 is 34.8 Å². The van der Waals surface area contributed by atoms with Crippen LogP contribution in [0.1, 0.15) is 41.9 Å². The monoisotopic (exact) mass is 450 g/mol. The van der Waals surface area contributed by atoms with Crippen LogP contribution < -0.4 is 0 Å². The van der Waals surface area contributed by atoms with Crippen LogP contribution in [0.3, 0.4) is 0 Å². The highest BCUT2D eigenvalue weighted by atomic mass is 35.5. The zero-order valence-electron chi connectivity index (χ0n) is 15.7. The van der Waals surface area contributed by atoms with E-state index in [9.17, 15) is 4.79 Å². The number of benzene rings is 1. The molecule has 1 atom stereocenters. The molecule has 1 aromatic carbocycles. The Labute approximate surface area is 182 Å². The molecule has 0 amide bonds. The van der Waals surface area contributed by atoms with E-state index >= 15 is 0 Å². The van der Waals surface area contributed by atoms with E-state index in [1.807, 2.05) is 31.3 Å². The minimum absolute atomic E-state index is 0.310. The molecule has 3 heterocycles. The summed E-state index contributed by atoms with van der Waals surface area (Å²) in [5.41, 5.74) is 2.97. The van der Waals surface area contributed by atoms with Crippen LogP contribution in [-0.4, -0.2) is 22.7 Å². The summed E-state index contributed by atoms with van der Waals surface area (Å²) in [6, 6.07) is 10.9. The number of carbonyl (C=O) groups is 1. The lowest BCUT2D eigenvalue weighted by molar-refractivity contribution is -0.00737. The van der Waals surface area contributed by atoms with Crippen molar-refractivity contribution in [3.63, 3.8) is 0 Å². The normalized spacial score (nSPS) is 18.6. The van der Waals surface area contributed by atoms with Crippen LogP contribution in [0.5, 0.6) is 0 Å². The summed E-state index contributed by atoms with van der Waals surface area (Å²) in [4.78, 5) is 18.0. The Hall–Kier alpha value is -2.21. The minimum Gasteiger partial charge on any atom is -0.461 e. The molecule has 0 spiro atoms. The quantitative estimate of drug-likeness (QED) is 0.355. The zero-order valence-corrected chi connectivity index (χ0v) is 18.0. The smallest absolute Gasteiger partial charge is 0.355 e. The molecule has 0 saturated heterocycles. The van der Waals surface area contributed by atoms with E-state index in [0.717, 1.165) is 22.4 Å². The van der Waals surface area contributed by atoms with Crippen LogP contribution in [0, 0.1) is 0 Å². The van der Waals surface area contributed by atoms with Crippen molar-refractivity contribution >= 4 is 52.0 Å². The Morgan fingerprint density at radius 2 is 1.97 bits per heavy atom. The number of fused-ring (bicyclic) bond motifs is 1. The largest absolute Gasteiger partial charge is 0.461 e. The molecular weight excluding hydrogens is 435 g/mol. The van der Waals surface area contributed by atoms with Crippen LogP contribution in [0.15, 0.2) is 47.8 Å². The first-order valence-corrected chi connectivity index (χ1v) is 10.1. The van der Waals surface area contributed by atoms with E-state index < -0.39 is 5.60 Å². The molecule has 5 nitrogen and oxygen atoms in total. The van der Waals surface area contributed by atoms with Crippen LogP contribution in [-0.2, 0) is 15.2 Å². The number of ether oxygens (including phenoxy) is 1. The Kier molecular flexibility index (Phi) is 5.23. The third-order valence-corrected chi connectivity index (χ3v) is 6.14. The first-order valence-electron chi connectivity index (χ1n) is 9.01. The van der Waals surface area contributed by atoms with E-state index in [2.05, 4.69) is 5.16 Å². The lowest BCUT2D eigenvalue weighted by atomic mass is 9.89. The van der Waals surface area contributed by atoms with Gasteiger partial charge in [0.1, 0.15) is 5.69 Å². The van der Waals surface area contributed by atoms with Gasteiger partial charge in [0.15, 0.2) is 5.60 Å². The van der Waals surface area contributed by atoms with E-state index in [0.29, 0.717) is 33.8 Å². The fourth-order valence-electron chi connectivity index (χ4n) is 3.45. The maximum Gasteiger partial charge on any atom is 0.355 e. The molecule has 150 valence electrons. The van der Waals surface area contributed by atoms with E-state index in [1.165, 1.54) is 0 Å². The molecule has 4 rings (SSSR count). The Balaban J connectivity index is 1.69. The number of hydrogen-bond donors (Lipinski definition) is 0. The summed E-state index contributed by atoms with van der Waals surface area (Å²) in [5.74, 6) is -0.375. The molecule has 8 heteroatoms. The molecule has 1 unspecified atom stereocenters. The molecule has 0 bridgehead atoms.